The normalized spacial score (nSPS) is 13.6. The highest BCUT2D eigenvalue weighted by atomic mass is 32.2. The van der Waals surface area contributed by atoms with Gasteiger partial charge in [-0.25, -0.2) is 13.8 Å². The lowest BCUT2D eigenvalue weighted by Crippen LogP contribution is -2.14. The van der Waals surface area contributed by atoms with Gasteiger partial charge in [0.1, 0.15) is 11.6 Å². The summed E-state index contributed by atoms with van der Waals surface area (Å²) in [5.74, 6) is -0.267. The van der Waals surface area contributed by atoms with Crippen LogP contribution in [0.2, 0.25) is 0 Å². The molecule has 138 valence electrons. The summed E-state index contributed by atoms with van der Waals surface area (Å²) in [5, 5.41) is 7.04. The number of anilines is 1. The van der Waals surface area contributed by atoms with Crippen molar-refractivity contribution in [2.45, 2.75) is 23.8 Å². The average molecular weight is 388 g/mol. The van der Waals surface area contributed by atoms with E-state index in [1.165, 1.54) is 11.8 Å². The summed E-state index contributed by atoms with van der Waals surface area (Å²) in [6.07, 6.45) is 3.79. The minimum absolute atomic E-state index is 0.0524. The molecular formula is C18H14F2N4O2S. The lowest BCUT2D eigenvalue weighted by Gasteiger charge is -2.05. The Bertz CT molecular complexity index is 953. The molecule has 1 aliphatic carbocycles. The number of pyridine rings is 1. The number of nitrogens with one attached hydrogen (secondary N) is 1. The SMILES string of the molecule is O=C(CSc1ccc(-c2nc(C3CC3)no2)cn1)Nc1cc(F)cc(F)c1. The van der Waals surface area contributed by atoms with E-state index in [1.807, 2.05) is 0 Å². The Morgan fingerprint density at radius 3 is 2.67 bits per heavy atom. The van der Waals surface area contributed by atoms with Gasteiger partial charge >= 0.3 is 0 Å². The summed E-state index contributed by atoms with van der Waals surface area (Å²) in [5.41, 5.74) is 0.780. The second-order valence-electron chi connectivity index (χ2n) is 6.11. The smallest absolute Gasteiger partial charge is 0.259 e. The van der Waals surface area contributed by atoms with Crippen LogP contribution in [0.5, 0.6) is 0 Å². The third-order valence-corrected chi connectivity index (χ3v) is 4.81. The fraction of sp³-hybridized carbons (Fsp3) is 0.222. The molecule has 3 aromatic rings. The van der Waals surface area contributed by atoms with Crippen LogP contribution in [0.3, 0.4) is 0 Å². The lowest BCUT2D eigenvalue weighted by atomic mass is 10.3. The highest BCUT2D eigenvalue weighted by Gasteiger charge is 2.29. The maximum absolute atomic E-state index is 13.1. The standard InChI is InChI=1S/C18H14F2N4O2S/c19-12-5-13(20)7-14(6-12)22-15(25)9-27-16-4-3-11(8-21-16)18-23-17(24-26-18)10-1-2-10/h3-8,10H,1-2,9H2,(H,22,25). The molecule has 27 heavy (non-hydrogen) atoms. The molecule has 1 amide bonds. The van der Waals surface area contributed by atoms with E-state index in [-0.39, 0.29) is 17.3 Å². The summed E-state index contributed by atoms with van der Waals surface area (Å²) in [7, 11) is 0. The highest BCUT2D eigenvalue weighted by Crippen LogP contribution is 2.38. The third kappa shape index (κ3) is 4.48. The molecule has 0 atom stereocenters. The summed E-state index contributed by atoms with van der Waals surface area (Å²) in [6.45, 7) is 0. The number of amides is 1. The topological polar surface area (TPSA) is 80.9 Å². The summed E-state index contributed by atoms with van der Waals surface area (Å²) < 4.78 is 31.5. The molecule has 0 spiro atoms. The largest absolute Gasteiger partial charge is 0.334 e. The first kappa shape index (κ1) is 17.6. The molecule has 0 unspecified atom stereocenters. The van der Waals surface area contributed by atoms with E-state index in [1.54, 1.807) is 18.3 Å². The zero-order valence-electron chi connectivity index (χ0n) is 14.0. The molecule has 0 saturated heterocycles. The zero-order chi connectivity index (χ0) is 18.8. The van der Waals surface area contributed by atoms with E-state index in [9.17, 15) is 13.6 Å². The highest BCUT2D eigenvalue weighted by molar-refractivity contribution is 7.99. The lowest BCUT2D eigenvalue weighted by molar-refractivity contribution is -0.113. The minimum Gasteiger partial charge on any atom is -0.334 e. The van der Waals surface area contributed by atoms with Gasteiger partial charge in [-0.1, -0.05) is 16.9 Å². The van der Waals surface area contributed by atoms with Gasteiger partial charge in [0, 0.05) is 23.9 Å². The molecule has 1 fully saturated rings. The summed E-state index contributed by atoms with van der Waals surface area (Å²) in [6, 6.07) is 6.39. The van der Waals surface area contributed by atoms with Crippen LogP contribution in [-0.4, -0.2) is 26.8 Å². The number of halogens is 2. The van der Waals surface area contributed by atoms with Gasteiger partial charge in [-0.3, -0.25) is 4.79 Å². The van der Waals surface area contributed by atoms with E-state index < -0.39 is 11.6 Å². The second-order valence-corrected chi connectivity index (χ2v) is 7.11. The van der Waals surface area contributed by atoms with Crippen LogP contribution in [0.1, 0.15) is 24.6 Å². The number of hydrogen-bond donors (Lipinski definition) is 1. The van der Waals surface area contributed by atoms with Crippen LogP contribution >= 0.6 is 11.8 Å². The molecule has 6 nitrogen and oxygen atoms in total. The van der Waals surface area contributed by atoms with Crippen LogP contribution in [0, 0.1) is 11.6 Å². The van der Waals surface area contributed by atoms with E-state index >= 15 is 0 Å². The number of carbonyl (C=O) groups is 1. The first-order valence-electron chi connectivity index (χ1n) is 8.25. The number of nitrogens with zero attached hydrogens (tertiary/aromatic N) is 3. The Morgan fingerprint density at radius 2 is 2.00 bits per heavy atom. The molecule has 2 heterocycles. The molecule has 1 aromatic carbocycles. The number of aromatic nitrogens is 3. The Morgan fingerprint density at radius 1 is 1.22 bits per heavy atom. The molecule has 2 aromatic heterocycles. The number of carbonyl (C=O) groups excluding carboxylic acids is 1. The van der Waals surface area contributed by atoms with Crippen LogP contribution in [0.4, 0.5) is 14.5 Å². The second kappa shape index (κ2) is 7.43. The van der Waals surface area contributed by atoms with Crippen molar-refractivity contribution in [2.75, 3.05) is 11.1 Å². The van der Waals surface area contributed by atoms with Crippen molar-refractivity contribution < 1.29 is 18.1 Å². The summed E-state index contributed by atoms with van der Waals surface area (Å²) >= 11 is 1.20. The molecule has 1 aliphatic rings. The first-order chi connectivity index (χ1) is 13.1. The van der Waals surface area contributed by atoms with Crippen LogP contribution in [0.15, 0.2) is 46.1 Å². The quantitative estimate of drug-likeness (QED) is 0.643. The van der Waals surface area contributed by atoms with Crippen molar-refractivity contribution in [2.24, 2.45) is 0 Å². The fourth-order valence-electron chi connectivity index (χ4n) is 2.41. The number of rotatable bonds is 6. The molecule has 9 heteroatoms. The molecule has 0 radical (unpaired) electrons. The number of benzene rings is 1. The fourth-order valence-corrected chi connectivity index (χ4v) is 3.06. The monoisotopic (exact) mass is 388 g/mol. The maximum atomic E-state index is 13.1. The van der Waals surface area contributed by atoms with Gasteiger partial charge in [0.05, 0.1) is 16.3 Å². The van der Waals surface area contributed by atoms with Crippen LogP contribution < -0.4 is 5.32 Å². The van der Waals surface area contributed by atoms with Gasteiger partial charge in [-0.2, -0.15) is 4.98 Å². The molecule has 1 saturated carbocycles. The number of thioether (sulfide) groups is 1. The minimum atomic E-state index is -0.749. The van der Waals surface area contributed by atoms with E-state index in [0.29, 0.717) is 22.4 Å². The van der Waals surface area contributed by atoms with E-state index in [4.69, 9.17) is 4.52 Å². The Kier molecular flexibility index (Phi) is 4.85. The molecule has 1 N–H and O–H groups in total. The Balaban J connectivity index is 1.33. The first-order valence-corrected chi connectivity index (χ1v) is 9.24. The molecular weight excluding hydrogens is 374 g/mol. The average Bonchev–Trinajstić information content (AvgIpc) is 3.37. The van der Waals surface area contributed by atoms with Gasteiger partial charge in [0.25, 0.3) is 5.89 Å². The van der Waals surface area contributed by atoms with Gasteiger partial charge in [0.2, 0.25) is 5.91 Å². The molecule has 4 rings (SSSR count). The van der Waals surface area contributed by atoms with Crippen molar-refractivity contribution in [3.05, 3.63) is 54.0 Å². The van der Waals surface area contributed by atoms with Crippen molar-refractivity contribution in [1.29, 1.82) is 0 Å². The van der Waals surface area contributed by atoms with Crippen LogP contribution in [0.25, 0.3) is 11.5 Å². The van der Waals surface area contributed by atoms with Crippen LogP contribution in [-0.2, 0) is 4.79 Å². The van der Waals surface area contributed by atoms with Crippen molar-refractivity contribution in [1.82, 2.24) is 15.1 Å². The predicted octanol–water partition coefficient (Wildman–Crippen LogP) is 4.02. The van der Waals surface area contributed by atoms with Gasteiger partial charge < -0.3 is 9.84 Å². The van der Waals surface area contributed by atoms with Gasteiger partial charge in [-0.15, -0.1) is 0 Å². The summed E-state index contributed by atoms with van der Waals surface area (Å²) in [4.78, 5) is 20.6. The van der Waals surface area contributed by atoms with Crippen molar-refractivity contribution >= 4 is 23.4 Å². The van der Waals surface area contributed by atoms with Crippen molar-refractivity contribution in [3.8, 4) is 11.5 Å². The van der Waals surface area contributed by atoms with Gasteiger partial charge in [0.15, 0.2) is 5.82 Å². The molecule has 0 bridgehead atoms. The Labute approximate surface area is 157 Å². The maximum Gasteiger partial charge on any atom is 0.259 e. The van der Waals surface area contributed by atoms with Crippen molar-refractivity contribution in [3.63, 3.8) is 0 Å². The third-order valence-electron chi connectivity index (χ3n) is 3.86. The van der Waals surface area contributed by atoms with Gasteiger partial charge in [-0.05, 0) is 37.1 Å². The van der Waals surface area contributed by atoms with E-state index in [2.05, 4.69) is 20.4 Å². The zero-order valence-corrected chi connectivity index (χ0v) is 14.8. The van der Waals surface area contributed by atoms with E-state index in [0.717, 1.165) is 36.9 Å². The molecule has 0 aliphatic heterocycles. The Hall–Kier alpha value is -2.81. The number of hydrogen-bond acceptors (Lipinski definition) is 6. The predicted molar refractivity (Wildman–Crippen MR) is 95.2 cm³/mol.